The average Bonchev–Trinajstić information content (AvgIpc) is 3.02. The zero-order chi connectivity index (χ0) is 36.4. The molecule has 1 aromatic rings. The molecule has 2 saturated carbocycles. The predicted octanol–water partition coefficient (Wildman–Crippen LogP) is 0.894. The van der Waals surface area contributed by atoms with E-state index in [1.165, 1.54) is 39.0 Å². The molecule has 2 bridgehead atoms. The van der Waals surface area contributed by atoms with Gasteiger partial charge >= 0.3 is 11.9 Å². The van der Waals surface area contributed by atoms with Crippen LogP contribution in [0.5, 0.6) is 0 Å². The topological polar surface area (TPSA) is 209 Å². The molecule has 13 nitrogen and oxygen atoms in total. The van der Waals surface area contributed by atoms with Gasteiger partial charge in [-0.15, -0.1) is 0 Å². The molecule has 10 unspecified atom stereocenters. The van der Waals surface area contributed by atoms with Crippen molar-refractivity contribution in [1.82, 2.24) is 5.32 Å². The number of benzene rings is 1. The molecule has 14 heteroatoms. The Balaban J connectivity index is 0.00000562. The summed E-state index contributed by atoms with van der Waals surface area (Å²) >= 11 is 0. The second kappa shape index (κ2) is 14.4. The van der Waals surface area contributed by atoms with E-state index in [9.17, 15) is 44.7 Å². The third kappa shape index (κ3) is 6.46. The zero-order valence-electron chi connectivity index (χ0n) is 29.4. The van der Waals surface area contributed by atoms with E-state index in [1.54, 1.807) is 45.9 Å². The van der Waals surface area contributed by atoms with Crippen LogP contribution in [-0.2, 0) is 28.6 Å². The summed E-state index contributed by atoms with van der Waals surface area (Å²) in [6.07, 6.45) is -8.50. The van der Waals surface area contributed by atoms with Crippen molar-refractivity contribution < 1.29 is 103 Å². The minimum Gasteiger partial charge on any atom is -0.456 e. The van der Waals surface area contributed by atoms with Crippen molar-refractivity contribution in [2.75, 3.05) is 6.61 Å². The van der Waals surface area contributed by atoms with Crippen molar-refractivity contribution in [3.8, 4) is 0 Å². The first-order valence-electron chi connectivity index (χ1n) is 16.5. The Bertz CT molecular complexity index is 1590. The fourth-order valence-electron chi connectivity index (χ4n) is 8.54. The Morgan fingerprint density at radius 2 is 1.66 bits per heavy atom. The molecule has 0 spiro atoms. The van der Waals surface area contributed by atoms with Crippen LogP contribution in [0.1, 0.15) is 71.7 Å². The number of allylic oxidation sites excluding steroid dienone is 1. The van der Waals surface area contributed by atoms with Gasteiger partial charge in [-0.2, -0.15) is 0 Å². The van der Waals surface area contributed by atoms with Crippen LogP contribution in [0.3, 0.4) is 0 Å². The molecule has 5 rings (SSSR count). The first-order valence-corrected chi connectivity index (χ1v) is 16.5. The van der Waals surface area contributed by atoms with Gasteiger partial charge in [0.15, 0.2) is 11.9 Å². The SMILES string of the molecule is CC(=O)NC(C=C(C)C)C(O)C(=O)OC1CC2(O)C(OC(=O)c3ccccc3)C3C4(O)COC4CC(O)[C@@]3(C)C(=O)C(O)C(=C1C)C2(C)C.[Ac]. The van der Waals surface area contributed by atoms with E-state index in [2.05, 4.69) is 5.32 Å². The minimum atomic E-state index is -2.26. The van der Waals surface area contributed by atoms with Gasteiger partial charge in [0.2, 0.25) is 5.91 Å². The third-order valence-electron chi connectivity index (χ3n) is 11.3. The van der Waals surface area contributed by atoms with Gasteiger partial charge in [-0.3, -0.25) is 9.59 Å². The first-order chi connectivity index (χ1) is 22.7. The number of ether oxygens (including phenoxy) is 3. The standard InChI is InChI=1S/C36H47NO12.Ac/c1-17(2)13-21(37-19(4)38)26(40)32(44)48-22-15-36(46)30(49-31(43)20-11-9-8-10-12-20)28-34(7,23(39)14-24-35(28,45)16-47-24)29(42)27(41)25(18(22)3)33(36,5)6;/h8-13,21-24,26-28,30,39-41,45-46H,14-16H2,1-7H3,(H,37,38);/t21?,22?,23?,24?,26?,27?,28?,30?,34-,35?,36?;/m1./s1. The van der Waals surface area contributed by atoms with Crippen LogP contribution in [0, 0.1) is 60.8 Å². The van der Waals surface area contributed by atoms with Crippen molar-refractivity contribution in [2.24, 2.45) is 16.7 Å². The first kappa shape index (κ1) is 40.7. The molecule has 50 heavy (non-hydrogen) atoms. The van der Waals surface area contributed by atoms with Crippen LogP contribution >= 0.6 is 0 Å². The van der Waals surface area contributed by atoms with Crippen LogP contribution in [0.4, 0.5) is 0 Å². The molecule has 4 aliphatic rings. The second-order valence-electron chi connectivity index (χ2n) is 15.0. The molecule has 1 aliphatic heterocycles. The summed E-state index contributed by atoms with van der Waals surface area (Å²) in [5, 5.41) is 62.2. The Morgan fingerprint density at radius 3 is 2.20 bits per heavy atom. The smallest absolute Gasteiger partial charge is 0.338 e. The van der Waals surface area contributed by atoms with E-state index in [1.807, 2.05) is 0 Å². The van der Waals surface area contributed by atoms with E-state index in [0.29, 0.717) is 5.57 Å². The van der Waals surface area contributed by atoms with Crippen molar-refractivity contribution in [3.05, 3.63) is 58.7 Å². The number of ketones is 1. The van der Waals surface area contributed by atoms with Crippen molar-refractivity contribution in [2.45, 2.75) is 115 Å². The molecule has 0 aromatic heterocycles. The van der Waals surface area contributed by atoms with Crippen molar-refractivity contribution in [3.63, 3.8) is 0 Å². The van der Waals surface area contributed by atoms with Gasteiger partial charge < -0.3 is 45.1 Å². The van der Waals surface area contributed by atoms with Gasteiger partial charge in [0.1, 0.15) is 29.5 Å². The number of carbonyl (C=O) groups excluding carboxylic acids is 4. The van der Waals surface area contributed by atoms with Gasteiger partial charge in [0, 0.05) is 75.2 Å². The summed E-state index contributed by atoms with van der Waals surface area (Å²) < 4.78 is 17.6. The molecule has 11 atom stereocenters. The number of aliphatic hydroxyl groups is 5. The van der Waals surface area contributed by atoms with E-state index in [4.69, 9.17) is 14.2 Å². The summed E-state index contributed by atoms with van der Waals surface area (Å²) in [4.78, 5) is 53.7. The van der Waals surface area contributed by atoms with Gasteiger partial charge in [-0.25, -0.2) is 9.59 Å². The van der Waals surface area contributed by atoms with E-state index in [-0.39, 0.29) is 73.8 Å². The zero-order valence-corrected chi connectivity index (χ0v) is 34.1. The van der Waals surface area contributed by atoms with Crippen LogP contribution in [0.25, 0.3) is 0 Å². The molecule has 1 amide bonds. The number of Topliss-reactive ketones (excluding diaryl/α,β-unsaturated/α-hetero) is 1. The number of fused-ring (bicyclic) bond motifs is 5. The molecule has 3 aliphatic carbocycles. The monoisotopic (exact) mass is 912 g/mol. The normalized spacial score (nSPS) is 36.8. The number of rotatable bonds is 7. The molecule has 3 fully saturated rings. The molecule has 1 saturated heterocycles. The Kier molecular flexibility index (Phi) is 11.8. The van der Waals surface area contributed by atoms with Crippen LogP contribution in [-0.4, -0.2) is 110 Å². The number of carbonyl (C=O) groups is 4. The fourth-order valence-corrected chi connectivity index (χ4v) is 8.54. The Labute approximate surface area is 327 Å². The second-order valence-corrected chi connectivity index (χ2v) is 15.0. The maximum atomic E-state index is 14.5. The number of nitrogens with one attached hydrogen (secondary N) is 1. The number of esters is 2. The Morgan fingerprint density at radius 1 is 1.04 bits per heavy atom. The molecular formula is C36H47AcNO12. The van der Waals surface area contributed by atoms with Gasteiger partial charge in [0.25, 0.3) is 0 Å². The summed E-state index contributed by atoms with van der Waals surface area (Å²) in [5.41, 5.74) is -6.65. The van der Waals surface area contributed by atoms with Crippen LogP contribution in [0.2, 0.25) is 0 Å². The van der Waals surface area contributed by atoms with Crippen molar-refractivity contribution >= 4 is 23.6 Å². The van der Waals surface area contributed by atoms with E-state index >= 15 is 0 Å². The molecular weight excluding hydrogens is 865 g/mol. The molecule has 6 N–H and O–H groups in total. The van der Waals surface area contributed by atoms with Gasteiger partial charge in [0.05, 0.1) is 35.8 Å². The average molecular weight is 913 g/mol. The van der Waals surface area contributed by atoms with E-state index in [0.717, 1.165) is 0 Å². The Hall–Kier alpha value is -2.02. The van der Waals surface area contributed by atoms with Crippen LogP contribution < -0.4 is 5.32 Å². The minimum absolute atomic E-state index is 0. The quantitative estimate of drug-likeness (QED) is 0.167. The van der Waals surface area contributed by atoms with Crippen LogP contribution in [0.15, 0.2) is 53.1 Å². The maximum Gasteiger partial charge on any atom is 0.338 e. The number of amides is 1. The molecule has 1 aromatic carbocycles. The van der Waals surface area contributed by atoms with Gasteiger partial charge in [-0.05, 0) is 51.0 Å². The fraction of sp³-hybridized carbons (Fsp3) is 0.611. The summed E-state index contributed by atoms with van der Waals surface area (Å²) in [7, 11) is 0. The summed E-state index contributed by atoms with van der Waals surface area (Å²) in [6.45, 7) is 10.4. The van der Waals surface area contributed by atoms with Gasteiger partial charge in [-0.1, -0.05) is 43.7 Å². The maximum absolute atomic E-state index is 14.5. The summed E-state index contributed by atoms with van der Waals surface area (Å²) in [5.74, 6) is -4.94. The van der Waals surface area contributed by atoms with E-state index < -0.39 is 101 Å². The predicted molar refractivity (Wildman–Crippen MR) is 173 cm³/mol. The molecule has 271 valence electrons. The third-order valence-corrected chi connectivity index (χ3v) is 11.3. The number of aliphatic hydroxyl groups excluding tert-OH is 3. The molecule has 1 radical (unpaired) electrons. The summed E-state index contributed by atoms with van der Waals surface area (Å²) in [6, 6.07) is 6.75. The molecule has 1 heterocycles. The number of hydrogen-bond acceptors (Lipinski definition) is 12. The van der Waals surface area contributed by atoms with Crippen molar-refractivity contribution in [1.29, 1.82) is 0 Å². The number of hydrogen-bond donors (Lipinski definition) is 6. The largest absolute Gasteiger partial charge is 0.456 e.